The molecular weight excluding hydrogens is 282 g/mol. The van der Waals surface area contributed by atoms with Gasteiger partial charge in [0, 0.05) is 31.5 Å². The first-order chi connectivity index (χ1) is 11.0. The molecule has 0 bridgehead atoms. The van der Waals surface area contributed by atoms with Gasteiger partial charge in [0.15, 0.2) is 0 Å². The van der Waals surface area contributed by atoms with Gasteiger partial charge in [0.05, 0.1) is 0 Å². The number of aliphatic imine (C=N–C) groups is 1. The Hall–Kier alpha value is -2.29. The average Bonchev–Trinajstić information content (AvgIpc) is 2.90. The van der Waals surface area contributed by atoms with Crippen LogP contribution in [0.1, 0.15) is 22.3 Å². The monoisotopic (exact) mass is 307 g/mol. The van der Waals surface area contributed by atoms with E-state index in [1.54, 1.807) is 0 Å². The summed E-state index contributed by atoms with van der Waals surface area (Å²) in [5.74, 6) is 1.04. The van der Waals surface area contributed by atoms with E-state index in [0.717, 1.165) is 19.0 Å². The standard InChI is InChI=1S/C20H25N3/c1-14-8-6-9-15(2)18(14)22-12-13-23(20(22)21-5)19-16(3)10-7-11-17(19)4/h6-11H,12-13H2,1-5H3. The molecule has 23 heavy (non-hydrogen) atoms. The van der Waals surface area contributed by atoms with Gasteiger partial charge < -0.3 is 9.80 Å². The van der Waals surface area contributed by atoms with E-state index in [2.05, 4.69) is 78.9 Å². The van der Waals surface area contributed by atoms with Gasteiger partial charge in [-0.05, 0) is 49.9 Å². The third-order valence-electron chi connectivity index (χ3n) is 4.65. The molecule has 0 atom stereocenters. The van der Waals surface area contributed by atoms with E-state index in [4.69, 9.17) is 0 Å². The predicted octanol–water partition coefficient (Wildman–Crippen LogP) is 4.23. The van der Waals surface area contributed by atoms with Crippen LogP contribution in [0.25, 0.3) is 0 Å². The van der Waals surface area contributed by atoms with Crippen molar-refractivity contribution < 1.29 is 0 Å². The summed E-state index contributed by atoms with van der Waals surface area (Å²) in [6.45, 7) is 10.6. The SMILES string of the molecule is CN=C1N(c2c(C)cccc2C)CCN1c1c(C)cccc1C. The molecule has 2 aromatic rings. The van der Waals surface area contributed by atoms with Crippen LogP contribution in [0.2, 0.25) is 0 Å². The second kappa shape index (κ2) is 6.07. The van der Waals surface area contributed by atoms with E-state index in [1.807, 2.05) is 7.05 Å². The van der Waals surface area contributed by atoms with Crippen molar-refractivity contribution in [3.05, 3.63) is 58.7 Å². The smallest absolute Gasteiger partial charge is 0.205 e. The second-order valence-corrected chi connectivity index (χ2v) is 6.31. The summed E-state index contributed by atoms with van der Waals surface area (Å²) in [6.07, 6.45) is 0. The molecule has 1 aliphatic heterocycles. The maximum atomic E-state index is 4.64. The van der Waals surface area contributed by atoms with Crippen LogP contribution in [-0.2, 0) is 0 Å². The van der Waals surface area contributed by atoms with E-state index in [-0.39, 0.29) is 0 Å². The second-order valence-electron chi connectivity index (χ2n) is 6.31. The van der Waals surface area contributed by atoms with Crippen molar-refractivity contribution >= 4 is 17.3 Å². The van der Waals surface area contributed by atoms with Gasteiger partial charge in [-0.25, -0.2) is 0 Å². The first kappa shape index (κ1) is 15.6. The third-order valence-corrected chi connectivity index (χ3v) is 4.65. The van der Waals surface area contributed by atoms with Crippen molar-refractivity contribution in [2.75, 3.05) is 29.9 Å². The molecule has 0 aromatic heterocycles. The lowest BCUT2D eigenvalue weighted by molar-refractivity contribution is 1.01. The lowest BCUT2D eigenvalue weighted by atomic mass is 10.1. The Bertz CT molecular complexity index is 659. The molecule has 0 saturated carbocycles. The van der Waals surface area contributed by atoms with Gasteiger partial charge in [-0.3, -0.25) is 4.99 Å². The summed E-state index contributed by atoms with van der Waals surface area (Å²) in [6, 6.07) is 13.0. The van der Waals surface area contributed by atoms with Gasteiger partial charge in [-0.2, -0.15) is 0 Å². The van der Waals surface area contributed by atoms with Crippen LogP contribution >= 0.6 is 0 Å². The molecule has 0 aliphatic carbocycles. The zero-order valence-corrected chi connectivity index (χ0v) is 14.7. The van der Waals surface area contributed by atoms with Crippen LogP contribution in [0.3, 0.4) is 0 Å². The number of hydrogen-bond donors (Lipinski definition) is 0. The van der Waals surface area contributed by atoms with E-state index in [9.17, 15) is 0 Å². The molecular formula is C20H25N3. The lowest BCUT2D eigenvalue weighted by Crippen LogP contribution is -2.35. The van der Waals surface area contributed by atoms with Crippen molar-refractivity contribution in [2.24, 2.45) is 4.99 Å². The maximum Gasteiger partial charge on any atom is 0.205 e. The number of hydrogen-bond acceptors (Lipinski definition) is 1. The number of guanidine groups is 1. The Morgan fingerprint density at radius 2 is 1.04 bits per heavy atom. The van der Waals surface area contributed by atoms with Crippen molar-refractivity contribution in [2.45, 2.75) is 27.7 Å². The Labute approximate surface area is 139 Å². The molecule has 2 aromatic carbocycles. The molecule has 1 heterocycles. The highest BCUT2D eigenvalue weighted by atomic mass is 15.4. The Balaban J connectivity index is 2.06. The fraction of sp³-hybridized carbons (Fsp3) is 0.350. The van der Waals surface area contributed by atoms with Gasteiger partial charge in [-0.1, -0.05) is 36.4 Å². The van der Waals surface area contributed by atoms with Gasteiger partial charge >= 0.3 is 0 Å². The Kier molecular flexibility index (Phi) is 4.12. The van der Waals surface area contributed by atoms with Gasteiger partial charge in [0.25, 0.3) is 0 Å². The molecule has 3 heteroatoms. The number of benzene rings is 2. The molecule has 3 nitrogen and oxygen atoms in total. The molecule has 120 valence electrons. The highest BCUT2D eigenvalue weighted by molar-refractivity contribution is 6.10. The minimum absolute atomic E-state index is 0.964. The highest BCUT2D eigenvalue weighted by Crippen LogP contribution is 2.33. The molecule has 1 fully saturated rings. The summed E-state index contributed by atoms with van der Waals surface area (Å²) in [4.78, 5) is 9.35. The van der Waals surface area contributed by atoms with Crippen LogP contribution in [-0.4, -0.2) is 26.1 Å². The number of anilines is 2. The molecule has 0 spiro atoms. The molecule has 3 rings (SSSR count). The molecule has 0 N–H and O–H groups in total. The third kappa shape index (κ3) is 2.61. The number of para-hydroxylation sites is 2. The van der Waals surface area contributed by atoms with Gasteiger partial charge in [-0.15, -0.1) is 0 Å². The molecule has 0 amide bonds. The van der Waals surface area contributed by atoms with Crippen LogP contribution in [0.15, 0.2) is 41.4 Å². The predicted molar refractivity (Wildman–Crippen MR) is 99.9 cm³/mol. The van der Waals surface area contributed by atoms with Crippen LogP contribution in [0.4, 0.5) is 11.4 Å². The number of aryl methyl sites for hydroxylation is 4. The summed E-state index contributed by atoms with van der Waals surface area (Å²) >= 11 is 0. The highest BCUT2D eigenvalue weighted by Gasteiger charge is 2.31. The summed E-state index contributed by atoms with van der Waals surface area (Å²) < 4.78 is 0. The van der Waals surface area contributed by atoms with Gasteiger partial charge in [0.2, 0.25) is 5.96 Å². The Morgan fingerprint density at radius 3 is 1.35 bits per heavy atom. The molecule has 0 radical (unpaired) electrons. The quantitative estimate of drug-likeness (QED) is 0.826. The van der Waals surface area contributed by atoms with Crippen LogP contribution < -0.4 is 9.80 Å². The molecule has 1 aliphatic rings. The van der Waals surface area contributed by atoms with Crippen molar-refractivity contribution in [1.82, 2.24) is 0 Å². The lowest BCUT2D eigenvalue weighted by Gasteiger charge is -2.27. The van der Waals surface area contributed by atoms with E-state index < -0.39 is 0 Å². The first-order valence-electron chi connectivity index (χ1n) is 8.19. The molecule has 1 saturated heterocycles. The topological polar surface area (TPSA) is 18.8 Å². The fourth-order valence-corrected chi connectivity index (χ4v) is 3.67. The molecule has 0 unspecified atom stereocenters. The Morgan fingerprint density at radius 1 is 0.696 bits per heavy atom. The summed E-state index contributed by atoms with van der Waals surface area (Å²) in [5, 5.41) is 0. The minimum Gasteiger partial charge on any atom is -0.310 e. The zero-order chi connectivity index (χ0) is 16.6. The van der Waals surface area contributed by atoms with Crippen LogP contribution in [0.5, 0.6) is 0 Å². The van der Waals surface area contributed by atoms with E-state index in [1.165, 1.54) is 33.6 Å². The normalized spacial score (nSPS) is 14.6. The first-order valence-corrected chi connectivity index (χ1v) is 8.19. The maximum absolute atomic E-state index is 4.64. The van der Waals surface area contributed by atoms with Crippen LogP contribution in [0, 0.1) is 27.7 Å². The average molecular weight is 307 g/mol. The van der Waals surface area contributed by atoms with Crippen molar-refractivity contribution in [3.63, 3.8) is 0 Å². The zero-order valence-electron chi connectivity index (χ0n) is 14.7. The fourth-order valence-electron chi connectivity index (χ4n) is 3.67. The van der Waals surface area contributed by atoms with E-state index in [0.29, 0.717) is 0 Å². The number of nitrogens with zero attached hydrogens (tertiary/aromatic N) is 3. The summed E-state index contributed by atoms with van der Waals surface area (Å²) in [5.41, 5.74) is 7.79. The van der Waals surface area contributed by atoms with E-state index >= 15 is 0 Å². The van der Waals surface area contributed by atoms with Crippen molar-refractivity contribution in [1.29, 1.82) is 0 Å². The van der Waals surface area contributed by atoms with Gasteiger partial charge in [0.1, 0.15) is 0 Å². The number of rotatable bonds is 2. The largest absolute Gasteiger partial charge is 0.310 e. The summed E-state index contributed by atoms with van der Waals surface area (Å²) in [7, 11) is 1.89. The van der Waals surface area contributed by atoms with Crippen molar-refractivity contribution in [3.8, 4) is 0 Å². The minimum atomic E-state index is 0.964.